The summed E-state index contributed by atoms with van der Waals surface area (Å²) in [7, 11) is 1.96. The van der Waals surface area contributed by atoms with Crippen LogP contribution in [0.15, 0.2) is 12.3 Å². The molecule has 0 radical (unpaired) electrons. The number of nitrogens with one attached hydrogen (secondary N) is 1. The number of aryl methyl sites for hydroxylation is 3. The molecule has 2 aromatic heterocycles. The smallest absolute Gasteiger partial charge is 0.0854 e. The molecule has 2 heterocycles. The van der Waals surface area contributed by atoms with Gasteiger partial charge in [0, 0.05) is 16.3 Å². The molecule has 0 saturated heterocycles. The molecule has 0 spiro atoms. The van der Waals surface area contributed by atoms with Gasteiger partial charge in [0.05, 0.1) is 23.0 Å². The lowest BCUT2D eigenvalue weighted by atomic mass is 10.1. The number of hydrogen-bond acceptors (Lipinski definition) is 3. The zero-order chi connectivity index (χ0) is 13.3. The van der Waals surface area contributed by atoms with Crippen LogP contribution in [0.1, 0.15) is 34.0 Å². The van der Waals surface area contributed by atoms with Crippen LogP contribution < -0.4 is 5.32 Å². The third-order valence-electron chi connectivity index (χ3n) is 3.16. The highest BCUT2D eigenvalue weighted by molar-refractivity contribution is 7.12. The summed E-state index contributed by atoms with van der Waals surface area (Å²) >= 11 is 8.09. The summed E-state index contributed by atoms with van der Waals surface area (Å²) < 4.78 is 1.95. The van der Waals surface area contributed by atoms with Gasteiger partial charge in [0.2, 0.25) is 0 Å². The third-order valence-corrected chi connectivity index (χ3v) is 4.67. The minimum Gasteiger partial charge on any atom is -0.307 e. The number of aromatic nitrogens is 2. The standard InChI is InChI=1S/C13H18ClN3S/c1-5-17-13(10(14)7-16-17)12(15-4)11-6-8(2)9(3)18-11/h6-7,12,15H,5H2,1-4H3. The monoisotopic (exact) mass is 283 g/mol. The van der Waals surface area contributed by atoms with Crippen LogP contribution in [0.4, 0.5) is 0 Å². The minimum absolute atomic E-state index is 0.109. The number of rotatable bonds is 4. The lowest BCUT2D eigenvalue weighted by Gasteiger charge is -2.16. The number of nitrogens with zero attached hydrogens (tertiary/aromatic N) is 2. The van der Waals surface area contributed by atoms with Crippen LogP contribution in [-0.4, -0.2) is 16.8 Å². The van der Waals surface area contributed by atoms with Crippen molar-refractivity contribution in [3.05, 3.63) is 38.3 Å². The maximum atomic E-state index is 6.28. The zero-order valence-electron chi connectivity index (χ0n) is 11.1. The fourth-order valence-corrected chi connectivity index (χ4v) is 3.48. The van der Waals surface area contributed by atoms with Crippen molar-refractivity contribution in [3.8, 4) is 0 Å². The van der Waals surface area contributed by atoms with E-state index in [4.69, 9.17) is 11.6 Å². The van der Waals surface area contributed by atoms with Crippen LogP contribution in [0.3, 0.4) is 0 Å². The fourth-order valence-electron chi connectivity index (χ4n) is 2.07. The topological polar surface area (TPSA) is 29.9 Å². The van der Waals surface area contributed by atoms with Crippen molar-refractivity contribution >= 4 is 22.9 Å². The normalized spacial score (nSPS) is 12.9. The van der Waals surface area contributed by atoms with Crippen molar-refractivity contribution in [2.45, 2.75) is 33.4 Å². The van der Waals surface area contributed by atoms with Crippen LogP contribution >= 0.6 is 22.9 Å². The summed E-state index contributed by atoms with van der Waals surface area (Å²) in [6, 6.07) is 2.34. The summed E-state index contributed by atoms with van der Waals surface area (Å²) in [5.74, 6) is 0. The zero-order valence-corrected chi connectivity index (χ0v) is 12.7. The van der Waals surface area contributed by atoms with Crippen molar-refractivity contribution in [2.75, 3.05) is 7.05 Å². The average Bonchev–Trinajstić information content (AvgIpc) is 2.86. The summed E-state index contributed by atoms with van der Waals surface area (Å²) in [6.07, 6.45) is 1.72. The first-order valence-electron chi connectivity index (χ1n) is 6.03. The first kappa shape index (κ1) is 13.6. The van der Waals surface area contributed by atoms with Gasteiger partial charge < -0.3 is 5.32 Å². The summed E-state index contributed by atoms with van der Waals surface area (Å²) in [4.78, 5) is 2.63. The van der Waals surface area contributed by atoms with Crippen molar-refractivity contribution in [1.29, 1.82) is 0 Å². The molecule has 0 aliphatic rings. The lowest BCUT2D eigenvalue weighted by molar-refractivity contribution is 0.567. The van der Waals surface area contributed by atoms with Gasteiger partial charge in [0.25, 0.3) is 0 Å². The van der Waals surface area contributed by atoms with E-state index in [1.54, 1.807) is 6.20 Å². The second kappa shape index (κ2) is 5.43. The highest BCUT2D eigenvalue weighted by Gasteiger charge is 2.22. The van der Waals surface area contributed by atoms with Crippen molar-refractivity contribution in [3.63, 3.8) is 0 Å². The van der Waals surface area contributed by atoms with Crippen LogP contribution in [0, 0.1) is 13.8 Å². The predicted octanol–water partition coefficient (Wildman–Crippen LogP) is 3.54. The molecule has 0 amide bonds. The van der Waals surface area contributed by atoms with E-state index in [0.29, 0.717) is 0 Å². The SMILES string of the molecule is CCn1ncc(Cl)c1C(NC)c1cc(C)c(C)s1. The quantitative estimate of drug-likeness (QED) is 0.930. The van der Waals surface area contributed by atoms with Crippen LogP contribution in [-0.2, 0) is 6.54 Å². The van der Waals surface area contributed by atoms with Gasteiger partial charge in [-0.05, 0) is 39.4 Å². The Morgan fingerprint density at radius 3 is 2.72 bits per heavy atom. The van der Waals surface area contributed by atoms with E-state index in [9.17, 15) is 0 Å². The molecule has 0 aliphatic carbocycles. The molecule has 0 aromatic carbocycles. The van der Waals surface area contributed by atoms with Crippen molar-refractivity contribution in [1.82, 2.24) is 15.1 Å². The summed E-state index contributed by atoms with van der Waals surface area (Å²) in [6.45, 7) is 7.18. The first-order chi connectivity index (χ1) is 8.58. The molecular weight excluding hydrogens is 266 g/mol. The fraction of sp³-hybridized carbons (Fsp3) is 0.462. The largest absolute Gasteiger partial charge is 0.307 e. The number of halogens is 1. The van der Waals surface area contributed by atoms with Crippen LogP contribution in [0.5, 0.6) is 0 Å². The van der Waals surface area contributed by atoms with Crippen LogP contribution in [0.25, 0.3) is 0 Å². The van der Waals surface area contributed by atoms with Gasteiger partial charge in [-0.2, -0.15) is 5.10 Å². The van der Waals surface area contributed by atoms with Gasteiger partial charge in [0.1, 0.15) is 0 Å². The van der Waals surface area contributed by atoms with Gasteiger partial charge in [-0.15, -0.1) is 11.3 Å². The summed E-state index contributed by atoms with van der Waals surface area (Å²) in [5, 5.41) is 8.37. The average molecular weight is 284 g/mol. The molecule has 0 saturated carbocycles. The Labute approximate surface area is 117 Å². The molecule has 0 aliphatic heterocycles. The van der Waals surface area contributed by atoms with E-state index < -0.39 is 0 Å². The van der Waals surface area contributed by atoms with Gasteiger partial charge in [-0.3, -0.25) is 4.68 Å². The second-order valence-corrected chi connectivity index (χ2v) is 6.00. The highest BCUT2D eigenvalue weighted by Crippen LogP contribution is 2.33. The molecule has 2 aromatic rings. The van der Waals surface area contributed by atoms with Crippen molar-refractivity contribution < 1.29 is 0 Å². The molecule has 98 valence electrons. The van der Waals surface area contributed by atoms with E-state index in [0.717, 1.165) is 17.3 Å². The first-order valence-corrected chi connectivity index (χ1v) is 7.23. The van der Waals surface area contributed by atoms with E-state index in [1.165, 1.54) is 15.3 Å². The molecule has 1 N–H and O–H groups in total. The van der Waals surface area contributed by atoms with Gasteiger partial charge in [-0.1, -0.05) is 11.6 Å². The molecule has 0 fully saturated rings. The Bertz CT molecular complexity index is 525. The van der Waals surface area contributed by atoms with E-state index in [-0.39, 0.29) is 6.04 Å². The Balaban J connectivity index is 2.47. The molecular formula is C13H18ClN3S. The molecule has 5 heteroatoms. The van der Waals surface area contributed by atoms with E-state index >= 15 is 0 Å². The summed E-state index contributed by atoms with van der Waals surface area (Å²) in [5.41, 5.74) is 2.37. The maximum Gasteiger partial charge on any atom is 0.0854 e. The van der Waals surface area contributed by atoms with Gasteiger partial charge in [0.15, 0.2) is 0 Å². The maximum absolute atomic E-state index is 6.28. The van der Waals surface area contributed by atoms with Gasteiger partial charge in [-0.25, -0.2) is 0 Å². The number of hydrogen-bond donors (Lipinski definition) is 1. The Hall–Kier alpha value is -0.840. The van der Waals surface area contributed by atoms with Gasteiger partial charge >= 0.3 is 0 Å². The molecule has 0 bridgehead atoms. The Morgan fingerprint density at radius 2 is 2.22 bits per heavy atom. The Kier molecular flexibility index (Phi) is 4.10. The minimum atomic E-state index is 0.109. The lowest BCUT2D eigenvalue weighted by Crippen LogP contribution is -2.20. The van der Waals surface area contributed by atoms with Crippen molar-refractivity contribution in [2.24, 2.45) is 0 Å². The molecule has 1 atom stereocenters. The third kappa shape index (κ3) is 2.32. The molecule has 18 heavy (non-hydrogen) atoms. The molecule has 1 unspecified atom stereocenters. The predicted molar refractivity (Wildman–Crippen MR) is 77.6 cm³/mol. The second-order valence-electron chi connectivity index (χ2n) is 4.30. The number of thiophene rings is 1. The van der Waals surface area contributed by atoms with E-state index in [1.807, 2.05) is 23.1 Å². The molecule has 3 nitrogen and oxygen atoms in total. The van der Waals surface area contributed by atoms with E-state index in [2.05, 4.69) is 37.3 Å². The highest BCUT2D eigenvalue weighted by atomic mass is 35.5. The Morgan fingerprint density at radius 1 is 1.50 bits per heavy atom. The molecule has 2 rings (SSSR count). The van der Waals surface area contributed by atoms with Crippen LogP contribution in [0.2, 0.25) is 5.02 Å².